The van der Waals surface area contributed by atoms with Gasteiger partial charge in [-0.15, -0.1) is 0 Å². The van der Waals surface area contributed by atoms with Crippen LogP contribution in [-0.2, 0) is 9.59 Å². The molecular formula is C16H16N2O4. The third-order valence-electron chi connectivity index (χ3n) is 3.67. The van der Waals surface area contributed by atoms with Gasteiger partial charge in [0.1, 0.15) is 5.75 Å². The monoisotopic (exact) mass is 300 g/mol. The summed E-state index contributed by atoms with van der Waals surface area (Å²) in [6.45, 7) is 0. The highest BCUT2D eigenvalue weighted by molar-refractivity contribution is 5.96. The molecule has 6 nitrogen and oxygen atoms in total. The van der Waals surface area contributed by atoms with Crippen LogP contribution in [-0.4, -0.2) is 24.1 Å². The van der Waals surface area contributed by atoms with Crippen molar-refractivity contribution >= 4 is 17.6 Å². The van der Waals surface area contributed by atoms with Gasteiger partial charge in [0.2, 0.25) is 5.91 Å². The summed E-state index contributed by atoms with van der Waals surface area (Å²) in [6, 6.07) is 6.66. The van der Waals surface area contributed by atoms with Gasteiger partial charge in [-0.25, -0.2) is 0 Å². The van der Waals surface area contributed by atoms with E-state index in [0.717, 1.165) is 0 Å². The van der Waals surface area contributed by atoms with Crippen molar-refractivity contribution in [2.45, 2.75) is 12.8 Å². The van der Waals surface area contributed by atoms with Gasteiger partial charge in [-0.2, -0.15) is 5.26 Å². The molecule has 0 unspecified atom stereocenters. The fraction of sp³-hybridized carbons (Fsp3) is 0.312. The molecule has 114 valence electrons. The van der Waals surface area contributed by atoms with Crippen LogP contribution in [0.1, 0.15) is 18.4 Å². The van der Waals surface area contributed by atoms with Crippen molar-refractivity contribution in [3.63, 3.8) is 0 Å². The number of benzene rings is 1. The van der Waals surface area contributed by atoms with Crippen LogP contribution < -0.4 is 10.1 Å². The number of anilines is 1. The second kappa shape index (κ2) is 6.76. The zero-order valence-electron chi connectivity index (χ0n) is 12.1. The Balaban J connectivity index is 2.23. The summed E-state index contributed by atoms with van der Waals surface area (Å²) in [5.74, 6) is -2.33. The van der Waals surface area contributed by atoms with Gasteiger partial charge in [-0.3, -0.25) is 9.59 Å². The Morgan fingerprint density at radius 3 is 2.59 bits per heavy atom. The van der Waals surface area contributed by atoms with E-state index >= 15 is 0 Å². The van der Waals surface area contributed by atoms with Gasteiger partial charge in [-0.1, -0.05) is 12.2 Å². The van der Waals surface area contributed by atoms with Crippen molar-refractivity contribution in [1.29, 1.82) is 5.26 Å². The number of nitrogens with zero attached hydrogens (tertiary/aromatic N) is 1. The molecule has 0 radical (unpaired) electrons. The average molecular weight is 300 g/mol. The van der Waals surface area contributed by atoms with Crippen LogP contribution in [0.4, 0.5) is 5.69 Å². The van der Waals surface area contributed by atoms with Crippen LogP contribution in [0, 0.1) is 23.2 Å². The highest BCUT2D eigenvalue weighted by atomic mass is 16.5. The normalized spacial score (nSPS) is 20.0. The molecule has 0 bridgehead atoms. The predicted molar refractivity (Wildman–Crippen MR) is 79.3 cm³/mol. The highest BCUT2D eigenvalue weighted by Crippen LogP contribution is 2.30. The van der Waals surface area contributed by atoms with Crippen molar-refractivity contribution in [1.82, 2.24) is 0 Å². The number of carbonyl (C=O) groups is 2. The minimum Gasteiger partial charge on any atom is -0.495 e. The molecule has 0 spiro atoms. The summed E-state index contributed by atoms with van der Waals surface area (Å²) < 4.78 is 5.15. The zero-order valence-corrected chi connectivity index (χ0v) is 12.1. The van der Waals surface area contributed by atoms with Crippen molar-refractivity contribution in [2.75, 3.05) is 12.4 Å². The fourth-order valence-electron chi connectivity index (χ4n) is 2.48. The molecule has 0 aliphatic heterocycles. The molecule has 2 atom stereocenters. The van der Waals surface area contributed by atoms with E-state index < -0.39 is 17.8 Å². The molecule has 0 aromatic heterocycles. The SMILES string of the molecule is COc1ccc(C#N)cc1NC(=O)[C@@H]1CC=CC[C@@H]1C(=O)O. The molecule has 0 saturated carbocycles. The number of aliphatic carboxylic acids is 1. The summed E-state index contributed by atoms with van der Waals surface area (Å²) >= 11 is 0. The van der Waals surface area contributed by atoms with E-state index in [9.17, 15) is 14.7 Å². The molecule has 1 aliphatic carbocycles. The van der Waals surface area contributed by atoms with E-state index in [2.05, 4.69) is 5.32 Å². The largest absolute Gasteiger partial charge is 0.495 e. The number of amides is 1. The third kappa shape index (κ3) is 3.26. The van der Waals surface area contributed by atoms with Gasteiger partial charge < -0.3 is 15.2 Å². The second-order valence-electron chi connectivity index (χ2n) is 5.01. The van der Waals surface area contributed by atoms with E-state index in [1.54, 1.807) is 18.2 Å². The maximum atomic E-state index is 12.4. The first-order chi connectivity index (χ1) is 10.6. The minimum absolute atomic E-state index is 0.336. The molecule has 0 fully saturated rings. The zero-order chi connectivity index (χ0) is 16.1. The summed E-state index contributed by atoms with van der Waals surface area (Å²) in [5, 5.41) is 20.8. The summed E-state index contributed by atoms with van der Waals surface area (Å²) in [4.78, 5) is 23.7. The van der Waals surface area contributed by atoms with Gasteiger partial charge in [0.05, 0.1) is 36.3 Å². The van der Waals surface area contributed by atoms with E-state index in [-0.39, 0.29) is 5.91 Å². The molecule has 1 amide bonds. The number of hydrogen-bond donors (Lipinski definition) is 2. The van der Waals surface area contributed by atoms with Crippen LogP contribution in [0.2, 0.25) is 0 Å². The molecule has 0 saturated heterocycles. The molecule has 1 aromatic rings. The van der Waals surface area contributed by atoms with Crippen molar-refractivity contribution in [3.8, 4) is 11.8 Å². The summed E-state index contributed by atoms with van der Waals surface area (Å²) in [7, 11) is 1.46. The number of carboxylic acids is 1. The van der Waals surface area contributed by atoms with E-state index in [1.165, 1.54) is 13.2 Å². The Kier molecular flexibility index (Phi) is 4.79. The standard InChI is InChI=1S/C16H16N2O4/c1-22-14-7-6-10(9-17)8-13(14)18-15(19)11-4-2-3-5-12(11)16(20)21/h2-3,6-8,11-12H,4-5H2,1H3,(H,18,19)(H,20,21)/t11-,12+/m1/s1. The van der Waals surface area contributed by atoms with E-state index in [1.807, 2.05) is 12.1 Å². The van der Waals surface area contributed by atoms with Crippen LogP contribution in [0.25, 0.3) is 0 Å². The first-order valence-corrected chi connectivity index (χ1v) is 6.83. The molecule has 2 rings (SSSR count). The third-order valence-corrected chi connectivity index (χ3v) is 3.67. The topological polar surface area (TPSA) is 99.4 Å². The number of hydrogen-bond acceptors (Lipinski definition) is 4. The Bertz CT molecular complexity index is 661. The first-order valence-electron chi connectivity index (χ1n) is 6.83. The molecular weight excluding hydrogens is 284 g/mol. The number of ether oxygens (including phenoxy) is 1. The molecule has 22 heavy (non-hydrogen) atoms. The molecule has 2 N–H and O–H groups in total. The lowest BCUT2D eigenvalue weighted by Gasteiger charge is -2.24. The molecule has 1 aromatic carbocycles. The number of nitrogens with one attached hydrogen (secondary N) is 1. The maximum absolute atomic E-state index is 12.4. The van der Waals surface area contributed by atoms with Crippen molar-refractivity contribution in [3.05, 3.63) is 35.9 Å². The number of carboxylic acid groups (broad SMARTS) is 1. The number of rotatable bonds is 4. The molecule has 0 heterocycles. The highest BCUT2D eigenvalue weighted by Gasteiger charge is 2.34. The van der Waals surface area contributed by atoms with Crippen LogP contribution >= 0.6 is 0 Å². The Hall–Kier alpha value is -2.81. The van der Waals surface area contributed by atoms with Crippen LogP contribution in [0.3, 0.4) is 0 Å². The van der Waals surface area contributed by atoms with Crippen molar-refractivity contribution < 1.29 is 19.4 Å². The smallest absolute Gasteiger partial charge is 0.307 e. The summed E-state index contributed by atoms with van der Waals surface area (Å²) in [5.41, 5.74) is 0.750. The second-order valence-corrected chi connectivity index (χ2v) is 5.01. The molecule has 1 aliphatic rings. The van der Waals surface area contributed by atoms with Gasteiger partial charge in [0.25, 0.3) is 0 Å². The fourth-order valence-corrected chi connectivity index (χ4v) is 2.48. The predicted octanol–water partition coefficient (Wildman–Crippen LogP) is 2.17. The first kappa shape index (κ1) is 15.6. The van der Waals surface area contributed by atoms with Gasteiger partial charge in [-0.05, 0) is 31.0 Å². The lowest BCUT2D eigenvalue weighted by atomic mass is 9.82. The quantitative estimate of drug-likeness (QED) is 0.830. The molecule has 6 heteroatoms. The summed E-state index contributed by atoms with van der Waals surface area (Å²) in [6.07, 6.45) is 4.30. The lowest BCUT2D eigenvalue weighted by Crippen LogP contribution is -2.34. The number of methoxy groups -OCH3 is 1. The Morgan fingerprint density at radius 2 is 2.00 bits per heavy atom. The number of allylic oxidation sites excluding steroid dienone is 2. The Labute approximate surface area is 128 Å². The minimum atomic E-state index is -0.984. The number of carbonyl (C=O) groups excluding carboxylic acids is 1. The van der Waals surface area contributed by atoms with Crippen molar-refractivity contribution in [2.24, 2.45) is 11.8 Å². The average Bonchev–Trinajstić information content (AvgIpc) is 2.54. The Morgan fingerprint density at radius 1 is 1.32 bits per heavy atom. The van der Waals surface area contributed by atoms with Gasteiger partial charge in [0, 0.05) is 0 Å². The van der Waals surface area contributed by atoms with E-state index in [0.29, 0.717) is 29.8 Å². The van der Waals surface area contributed by atoms with Crippen LogP contribution in [0.15, 0.2) is 30.4 Å². The van der Waals surface area contributed by atoms with Gasteiger partial charge >= 0.3 is 5.97 Å². The van der Waals surface area contributed by atoms with Gasteiger partial charge in [0.15, 0.2) is 0 Å². The van der Waals surface area contributed by atoms with E-state index in [4.69, 9.17) is 10.00 Å². The number of nitriles is 1. The maximum Gasteiger partial charge on any atom is 0.307 e. The lowest BCUT2D eigenvalue weighted by molar-refractivity contribution is -0.146. The van der Waals surface area contributed by atoms with Crippen LogP contribution in [0.5, 0.6) is 5.75 Å².